The summed E-state index contributed by atoms with van der Waals surface area (Å²) in [5.41, 5.74) is 0.339. The van der Waals surface area contributed by atoms with Crippen LogP contribution in [0.15, 0.2) is 12.3 Å². The number of hydrogen-bond acceptors (Lipinski definition) is 5. The van der Waals surface area contributed by atoms with Crippen LogP contribution in [0.1, 0.15) is 12.1 Å². The molecular weight excluding hydrogens is 212 g/mol. The summed E-state index contributed by atoms with van der Waals surface area (Å²) in [4.78, 5) is 7.90. The van der Waals surface area contributed by atoms with Crippen LogP contribution in [-0.4, -0.2) is 32.7 Å². The molecule has 80 valence electrons. The molecule has 0 aliphatic rings. The first kappa shape index (κ1) is 11.6. The highest BCUT2D eigenvalue weighted by Crippen LogP contribution is 1.99. The van der Waals surface area contributed by atoms with E-state index in [-0.39, 0.29) is 0 Å². The monoisotopic (exact) mass is 224 g/mol. The Morgan fingerprint density at radius 2 is 2.47 bits per heavy atom. The van der Waals surface area contributed by atoms with E-state index < -0.39 is 10.8 Å². The lowest BCUT2D eigenvalue weighted by atomic mass is 10.4. The number of nitrogens with zero attached hydrogens (tertiary/aromatic N) is 3. The summed E-state index contributed by atoms with van der Waals surface area (Å²) in [7, 11) is -0.763. The van der Waals surface area contributed by atoms with Crippen LogP contribution < -0.4 is 5.32 Å². The fourth-order valence-electron chi connectivity index (χ4n) is 0.982. The highest BCUT2D eigenvalue weighted by molar-refractivity contribution is 7.84. The smallest absolute Gasteiger partial charge is 0.223 e. The summed E-state index contributed by atoms with van der Waals surface area (Å²) in [6.07, 6.45) is 4.00. The molecule has 1 aromatic rings. The Hall–Kier alpha value is -1.48. The van der Waals surface area contributed by atoms with E-state index in [4.69, 9.17) is 5.26 Å². The van der Waals surface area contributed by atoms with Crippen molar-refractivity contribution in [1.82, 2.24) is 9.97 Å². The van der Waals surface area contributed by atoms with Crippen LogP contribution in [0.25, 0.3) is 0 Å². The Labute approximate surface area is 91.0 Å². The van der Waals surface area contributed by atoms with Gasteiger partial charge in [0.05, 0.1) is 0 Å². The highest BCUT2D eigenvalue weighted by atomic mass is 32.2. The Morgan fingerprint density at radius 1 is 1.67 bits per heavy atom. The van der Waals surface area contributed by atoms with E-state index in [1.165, 1.54) is 6.20 Å². The van der Waals surface area contributed by atoms with E-state index in [0.29, 0.717) is 23.9 Å². The Morgan fingerprint density at radius 3 is 3.13 bits per heavy atom. The van der Waals surface area contributed by atoms with Crippen LogP contribution in [0, 0.1) is 11.3 Å². The predicted molar refractivity (Wildman–Crippen MR) is 58.8 cm³/mol. The van der Waals surface area contributed by atoms with Crippen LogP contribution in [0.3, 0.4) is 0 Å². The Kier molecular flexibility index (Phi) is 4.71. The van der Waals surface area contributed by atoms with Gasteiger partial charge in [-0.25, -0.2) is 9.97 Å². The summed E-state index contributed by atoms with van der Waals surface area (Å²) in [5.74, 6) is 1.10. The first-order valence-corrected chi connectivity index (χ1v) is 6.22. The minimum atomic E-state index is -0.763. The molecule has 1 unspecified atom stereocenters. The molecule has 0 saturated heterocycles. The largest absolute Gasteiger partial charge is 0.354 e. The van der Waals surface area contributed by atoms with E-state index in [1.807, 2.05) is 6.07 Å². The number of rotatable bonds is 5. The van der Waals surface area contributed by atoms with Crippen molar-refractivity contribution in [2.75, 3.05) is 23.9 Å². The van der Waals surface area contributed by atoms with Gasteiger partial charge < -0.3 is 5.32 Å². The van der Waals surface area contributed by atoms with E-state index >= 15 is 0 Å². The summed E-state index contributed by atoms with van der Waals surface area (Å²) >= 11 is 0. The molecule has 15 heavy (non-hydrogen) atoms. The molecule has 0 aliphatic carbocycles. The number of anilines is 1. The molecule has 0 aromatic carbocycles. The lowest BCUT2D eigenvalue weighted by Crippen LogP contribution is -2.08. The maximum absolute atomic E-state index is 10.8. The predicted octanol–water partition coefficient (Wildman–Crippen LogP) is 0.529. The summed E-state index contributed by atoms with van der Waals surface area (Å²) in [6, 6.07) is 3.48. The van der Waals surface area contributed by atoms with E-state index in [2.05, 4.69) is 15.3 Å². The average Bonchev–Trinajstić information content (AvgIpc) is 2.24. The van der Waals surface area contributed by atoms with Crippen molar-refractivity contribution in [2.24, 2.45) is 0 Å². The molecule has 0 aliphatic heterocycles. The molecule has 5 nitrogen and oxygen atoms in total. The van der Waals surface area contributed by atoms with Gasteiger partial charge in [-0.1, -0.05) is 0 Å². The maximum atomic E-state index is 10.8. The van der Waals surface area contributed by atoms with Gasteiger partial charge in [-0.05, 0) is 12.5 Å². The first-order chi connectivity index (χ1) is 7.22. The van der Waals surface area contributed by atoms with Gasteiger partial charge in [-0.2, -0.15) is 5.26 Å². The zero-order chi connectivity index (χ0) is 11.1. The molecule has 6 heteroatoms. The van der Waals surface area contributed by atoms with Gasteiger partial charge in [0.1, 0.15) is 11.8 Å². The second-order valence-corrected chi connectivity index (χ2v) is 4.49. The second kappa shape index (κ2) is 6.09. The standard InChI is InChI=1S/C9H12N4OS/c1-15(14)6-2-4-11-9-12-5-3-8(7-10)13-9/h3,5H,2,4,6H2,1H3,(H,11,12,13). The fraction of sp³-hybridized carbons (Fsp3) is 0.444. The van der Waals surface area contributed by atoms with E-state index in [0.717, 1.165) is 6.42 Å². The lowest BCUT2D eigenvalue weighted by molar-refractivity contribution is 0.685. The van der Waals surface area contributed by atoms with Crippen molar-refractivity contribution in [3.8, 4) is 6.07 Å². The number of nitriles is 1. The van der Waals surface area contributed by atoms with Crippen LogP contribution in [0.4, 0.5) is 5.95 Å². The molecule has 1 rings (SSSR count). The molecule has 1 N–H and O–H groups in total. The summed E-state index contributed by atoms with van der Waals surface area (Å²) < 4.78 is 10.8. The van der Waals surface area contributed by atoms with Crippen LogP contribution in [0.2, 0.25) is 0 Å². The molecule has 0 amide bonds. The summed E-state index contributed by atoms with van der Waals surface area (Å²) in [5, 5.41) is 11.6. The van der Waals surface area contributed by atoms with Crippen LogP contribution in [-0.2, 0) is 10.8 Å². The van der Waals surface area contributed by atoms with Gasteiger partial charge in [0.2, 0.25) is 5.95 Å². The van der Waals surface area contributed by atoms with Crippen molar-refractivity contribution in [2.45, 2.75) is 6.42 Å². The molecule has 0 radical (unpaired) electrons. The minimum absolute atomic E-state index is 0.339. The summed E-state index contributed by atoms with van der Waals surface area (Å²) in [6.45, 7) is 0.661. The number of nitrogens with one attached hydrogen (secondary N) is 1. The Bertz CT molecular complexity index is 388. The topological polar surface area (TPSA) is 78.7 Å². The molecule has 0 bridgehead atoms. The molecule has 1 aromatic heterocycles. The van der Waals surface area contributed by atoms with E-state index in [1.54, 1.807) is 12.3 Å². The normalized spacial score (nSPS) is 11.7. The molecule has 0 fully saturated rings. The molecule has 1 atom stereocenters. The third-order valence-corrected chi connectivity index (χ3v) is 2.53. The second-order valence-electron chi connectivity index (χ2n) is 2.93. The van der Waals surface area contributed by atoms with Gasteiger partial charge in [0.25, 0.3) is 0 Å². The third-order valence-electron chi connectivity index (χ3n) is 1.66. The zero-order valence-electron chi connectivity index (χ0n) is 8.43. The van der Waals surface area contributed by atoms with E-state index in [9.17, 15) is 4.21 Å². The first-order valence-electron chi connectivity index (χ1n) is 4.49. The minimum Gasteiger partial charge on any atom is -0.354 e. The van der Waals surface area contributed by atoms with Crippen molar-refractivity contribution < 1.29 is 4.21 Å². The van der Waals surface area contributed by atoms with Crippen LogP contribution in [0.5, 0.6) is 0 Å². The highest BCUT2D eigenvalue weighted by Gasteiger charge is 1.97. The quantitative estimate of drug-likeness (QED) is 0.738. The third kappa shape index (κ3) is 4.51. The lowest BCUT2D eigenvalue weighted by Gasteiger charge is -2.02. The number of aromatic nitrogens is 2. The van der Waals surface area contributed by atoms with Crippen molar-refractivity contribution in [1.29, 1.82) is 5.26 Å². The van der Waals surface area contributed by atoms with Gasteiger partial charge >= 0.3 is 0 Å². The fourth-order valence-corrected chi connectivity index (χ4v) is 1.53. The van der Waals surface area contributed by atoms with Crippen molar-refractivity contribution in [3.05, 3.63) is 18.0 Å². The van der Waals surface area contributed by atoms with Gasteiger partial charge in [-0.15, -0.1) is 0 Å². The average molecular weight is 224 g/mol. The maximum Gasteiger partial charge on any atom is 0.223 e. The van der Waals surface area contributed by atoms with Crippen LogP contribution >= 0.6 is 0 Å². The van der Waals surface area contributed by atoms with Crippen molar-refractivity contribution in [3.63, 3.8) is 0 Å². The molecule has 0 saturated carbocycles. The zero-order valence-corrected chi connectivity index (χ0v) is 9.25. The van der Waals surface area contributed by atoms with Gasteiger partial charge in [0, 0.05) is 35.5 Å². The SMILES string of the molecule is CS(=O)CCCNc1nccc(C#N)n1. The molecule has 0 spiro atoms. The Balaban J connectivity index is 2.38. The molecular formula is C9H12N4OS. The number of hydrogen-bond donors (Lipinski definition) is 1. The van der Waals surface area contributed by atoms with Gasteiger partial charge in [-0.3, -0.25) is 4.21 Å². The van der Waals surface area contributed by atoms with Gasteiger partial charge in [0.15, 0.2) is 0 Å². The van der Waals surface area contributed by atoms with Crippen molar-refractivity contribution >= 4 is 16.7 Å². The molecule has 1 heterocycles.